The van der Waals surface area contributed by atoms with Crippen molar-refractivity contribution in [3.63, 3.8) is 0 Å². The average molecular weight is 311 g/mol. The van der Waals surface area contributed by atoms with E-state index in [-0.39, 0.29) is 5.75 Å². The third-order valence-corrected chi connectivity index (χ3v) is 4.89. The molecule has 0 radical (unpaired) electrons. The topological polar surface area (TPSA) is 50.3 Å². The summed E-state index contributed by atoms with van der Waals surface area (Å²) in [5.74, 6) is -0.0407. The molecular weight excluding hydrogens is 296 g/mol. The Kier molecular flexibility index (Phi) is 4.75. The molecule has 0 unspecified atom stereocenters. The van der Waals surface area contributed by atoms with Crippen LogP contribution >= 0.6 is 11.6 Å². The van der Waals surface area contributed by atoms with Crippen molar-refractivity contribution in [1.82, 2.24) is 9.29 Å². The lowest BCUT2D eigenvalue weighted by atomic mass is 10.2. The molecule has 0 fully saturated rings. The smallest absolute Gasteiger partial charge is 0.218 e. The quantitative estimate of drug-likeness (QED) is 0.853. The Morgan fingerprint density at radius 2 is 1.85 bits per heavy atom. The van der Waals surface area contributed by atoms with Crippen LogP contribution in [0, 0.1) is 0 Å². The number of benzene rings is 1. The molecule has 0 saturated heterocycles. The maximum absolute atomic E-state index is 12.3. The summed E-state index contributed by atoms with van der Waals surface area (Å²) >= 11 is 5.79. The molecule has 1 aromatic carbocycles. The standard InChI is InChI=1S/C14H15ClN2O2S/c1-17(10-13-3-2-8-16-9-13)20(18,19)11-12-4-6-14(15)7-5-12/h2-9H,10-11H2,1H3. The van der Waals surface area contributed by atoms with E-state index < -0.39 is 10.0 Å². The molecule has 0 N–H and O–H groups in total. The lowest BCUT2D eigenvalue weighted by Crippen LogP contribution is -2.27. The molecule has 0 atom stereocenters. The highest BCUT2D eigenvalue weighted by Gasteiger charge is 2.18. The first-order valence-corrected chi connectivity index (χ1v) is 8.03. The Morgan fingerprint density at radius 3 is 2.45 bits per heavy atom. The van der Waals surface area contributed by atoms with Gasteiger partial charge in [0, 0.05) is 31.0 Å². The van der Waals surface area contributed by atoms with Crippen molar-refractivity contribution in [1.29, 1.82) is 0 Å². The van der Waals surface area contributed by atoms with Crippen molar-refractivity contribution in [2.75, 3.05) is 7.05 Å². The van der Waals surface area contributed by atoms with Crippen molar-refractivity contribution >= 4 is 21.6 Å². The molecular formula is C14H15ClN2O2S. The fraction of sp³-hybridized carbons (Fsp3) is 0.214. The third-order valence-electron chi connectivity index (χ3n) is 2.87. The summed E-state index contributed by atoms with van der Waals surface area (Å²) in [5.41, 5.74) is 1.57. The molecule has 106 valence electrons. The average Bonchev–Trinajstić information content (AvgIpc) is 2.42. The van der Waals surface area contributed by atoms with Crippen LogP contribution in [0.3, 0.4) is 0 Å². The lowest BCUT2D eigenvalue weighted by molar-refractivity contribution is 0.465. The molecule has 0 aliphatic rings. The van der Waals surface area contributed by atoms with Gasteiger partial charge in [-0.2, -0.15) is 0 Å². The third kappa shape index (κ3) is 4.03. The molecule has 2 rings (SSSR count). The van der Waals surface area contributed by atoms with E-state index in [1.807, 2.05) is 6.07 Å². The van der Waals surface area contributed by atoms with Gasteiger partial charge in [0.15, 0.2) is 0 Å². The fourth-order valence-corrected chi connectivity index (χ4v) is 3.05. The molecule has 0 bridgehead atoms. The monoisotopic (exact) mass is 310 g/mol. The predicted molar refractivity (Wildman–Crippen MR) is 79.8 cm³/mol. The van der Waals surface area contributed by atoms with E-state index in [1.165, 1.54) is 4.31 Å². The molecule has 2 aromatic rings. The minimum absolute atomic E-state index is 0.0407. The maximum atomic E-state index is 12.3. The molecule has 0 aliphatic carbocycles. The van der Waals surface area contributed by atoms with Gasteiger partial charge in [0.1, 0.15) is 0 Å². The minimum Gasteiger partial charge on any atom is -0.264 e. The number of hydrogen-bond acceptors (Lipinski definition) is 3. The number of hydrogen-bond donors (Lipinski definition) is 0. The molecule has 6 heteroatoms. The highest BCUT2D eigenvalue weighted by molar-refractivity contribution is 7.88. The lowest BCUT2D eigenvalue weighted by Gasteiger charge is -2.17. The minimum atomic E-state index is -3.36. The first-order valence-electron chi connectivity index (χ1n) is 6.05. The van der Waals surface area contributed by atoms with Crippen LogP contribution in [0.25, 0.3) is 0 Å². The van der Waals surface area contributed by atoms with Crippen molar-refractivity contribution in [2.45, 2.75) is 12.3 Å². The zero-order chi connectivity index (χ0) is 14.6. The number of sulfonamides is 1. The van der Waals surface area contributed by atoms with Gasteiger partial charge in [-0.25, -0.2) is 12.7 Å². The van der Waals surface area contributed by atoms with Gasteiger partial charge < -0.3 is 0 Å². The number of pyridine rings is 1. The molecule has 0 aliphatic heterocycles. The van der Waals surface area contributed by atoms with Crippen molar-refractivity contribution < 1.29 is 8.42 Å². The van der Waals surface area contributed by atoms with E-state index in [4.69, 9.17) is 11.6 Å². The van der Waals surface area contributed by atoms with Crippen LogP contribution in [0.4, 0.5) is 0 Å². The van der Waals surface area contributed by atoms with Gasteiger partial charge in [0.25, 0.3) is 0 Å². The van der Waals surface area contributed by atoms with Crippen molar-refractivity contribution in [2.24, 2.45) is 0 Å². The molecule has 0 amide bonds. The van der Waals surface area contributed by atoms with Crippen LogP contribution in [0.5, 0.6) is 0 Å². The van der Waals surface area contributed by atoms with Crippen molar-refractivity contribution in [3.05, 3.63) is 64.9 Å². The Morgan fingerprint density at radius 1 is 1.15 bits per heavy atom. The summed E-state index contributed by atoms with van der Waals surface area (Å²) in [7, 11) is -1.79. The second kappa shape index (κ2) is 6.35. The Balaban J connectivity index is 2.08. The zero-order valence-electron chi connectivity index (χ0n) is 11.0. The van der Waals surface area contributed by atoms with Crippen molar-refractivity contribution in [3.8, 4) is 0 Å². The van der Waals surface area contributed by atoms with Gasteiger partial charge in [-0.05, 0) is 29.3 Å². The number of rotatable bonds is 5. The Labute approximate surface area is 124 Å². The summed E-state index contributed by atoms with van der Waals surface area (Å²) < 4.78 is 25.9. The van der Waals surface area contributed by atoms with Crippen LogP contribution in [0.1, 0.15) is 11.1 Å². The fourth-order valence-electron chi connectivity index (χ4n) is 1.75. The van der Waals surface area contributed by atoms with E-state index in [0.717, 1.165) is 5.56 Å². The second-order valence-corrected chi connectivity index (χ2v) is 7.01. The van der Waals surface area contributed by atoms with Gasteiger partial charge in [0.05, 0.1) is 5.75 Å². The summed E-state index contributed by atoms with van der Waals surface area (Å²) in [5, 5.41) is 0.592. The maximum Gasteiger partial charge on any atom is 0.218 e. The molecule has 4 nitrogen and oxygen atoms in total. The van der Waals surface area contributed by atoms with Gasteiger partial charge in [-0.1, -0.05) is 29.8 Å². The van der Waals surface area contributed by atoms with Gasteiger partial charge >= 0.3 is 0 Å². The molecule has 1 aromatic heterocycles. The summed E-state index contributed by atoms with van der Waals surface area (Å²) in [6.45, 7) is 0.309. The summed E-state index contributed by atoms with van der Waals surface area (Å²) in [4.78, 5) is 3.98. The van der Waals surface area contributed by atoms with Crippen LogP contribution in [0.2, 0.25) is 5.02 Å². The van der Waals surface area contributed by atoms with Gasteiger partial charge in [0.2, 0.25) is 10.0 Å². The highest BCUT2D eigenvalue weighted by atomic mass is 35.5. The SMILES string of the molecule is CN(Cc1cccnc1)S(=O)(=O)Cc1ccc(Cl)cc1. The van der Waals surface area contributed by atoms with E-state index >= 15 is 0 Å². The van der Waals surface area contributed by atoms with E-state index in [9.17, 15) is 8.42 Å². The Hall–Kier alpha value is -1.43. The van der Waals surface area contributed by atoms with Crippen LogP contribution in [-0.2, 0) is 22.3 Å². The molecule has 0 spiro atoms. The first-order chi connectivity index (χ1) is 9.47. The van der Waals surface area contributed by atoms with E-state index in [2.05, 4.69) is 4.98 Å². The largest absolute Gasteiger partial charge is 0.264 e. The normalized spacial score (nSPS) is 11.8. The van der Waals surface area contributed by atoms with Crippen LogP contribution in [0.15, 0.2) is 48.8 Å². The zero-order valence-corrected chi connectivity index (χ0v) is 12.6. The van der Waals surface area contributed by atoms with E-state index in [0.29, 0.717) is 17.1 Å². The summed E-state index contributed by atoms with van der Waals surface area (Å²) in [6, 6.07) is 10.5. The second-order valence-electron chi connectivity index (χ2n) is 4.50. The van der Waals surface area contributed by atoms with Crippen LogP contribution in [-0.4, -0.2) is 24.8 Å². The Bertz CT molecular complexity index is 657. The highest BCUT2D eigenvalue weighted by Crippen LogP contribution is 2.15. The molecule has 1 heterocycles. The van der Waals surface area contributed by atoms with Gasteiger partial charge in [-0.15, -0.1) is 0 Å². The first kappa shape index (κ1) is 15.0. The van der Waals surface area contributed by atoms with Crippen LogP contribution < -0.4 is 0 Å². The summed E-state index contributed by atoms with van der Waals surface area (Å²) in [6.07, 6.45) is 3.32. The number of nitrogens with zero attached hydrogens (tertiary/aromatic N) is 2. The number of aromatic nitrogens is 1. The number of halogens is 1. The molecule has 0 saturated carbocycles. The van der Waals surface area contributed by atoms with E-state index in [1.54, 1.807) is 49.8 Å². The predicted octanol–water partition coefficient (Wildman–Crippen LogP) is 2.70. The van der Waals surface area contributed by atoms with Gasteiger partial charge in [-0.3, -0.25) is 4.98 Å². The molecule has 20 heavy (non-hydrogen) atoms.